The van der Waals surface area contributed by atoms with E-state index in [4.69, 9.17) is 5.73 Å². The molecule has 0 bridgehead atoms. The van der Waals surface area contributed by atoms with Crippen LogP contribution in [0.1, 0.15) is 5.56 Å². The van der Waals surface area contributed by atoms with Crippen molar-refractivity contribution in [2.45, 2.75) is 0 Å². The summed E-state index contributed by atoms with van der Waals surface area (Å²) in [4.78, 5) is 0. The molecule has 2 heteroatoms. The molecule has 0 radical (unpaired) electrons. The Labute approximate surface area is 81.5 Å². The Bertz CT molecular complexity index is 428. The van der Waals surface area contributed by atoms with Crippen molar-refractivity contribution in [3.63, 3.8) is 0 Å². The third-order valence-electron chi connectivity index (χ3n) is 1.94. The van der Waals surface area contributed by atoms with E-state index in [0.717, 1.165) is 0 Å². The standard InChI is InChI=1S/C11H11NS/c12-7-2-5-9-3-1-4-10-6-8-13-11(9)10/h1-6,8H,7,12H2. The van der Waals surface area contributed by atoms with Crippen LogP contribution in [0, 0.1) is 0 Å². The molecule has 0 atom stereocenters. The molecule has 2 rings (SSSR count). The first-order chi connectivity index (χ1) is 6.42. The summed E-state index contributed by atoms with van der Waals surface area (Å²) in [5.74, 6) is 0. The van der Waals surface area contributed by atoms with Gasteiger partial charge in [-0.15, -0.1) is 11.3 Å². The summed E-state index contributed by atoms with van der Waals surface area (Å²) in [6, 6.07) is 8.46. The largest absolute Gasteiger partial charge is 0.327 e. The molecule has 1 heterocycles. The predicted molar refractivity (Wildman–Crippen MR) is 59.9 cm³/mol. The van der Waals surface area contributed by atoms with Crippen LogP contribution in [0.25, 0.3) is 16.2 Å². The summed E-state index contributed by atoms with van der Waals surface area (Å²) in [5.41, 5.74) is 6.67. The zero-order valence-electron chi connectivity index (χ0n) is 7.23. The van der Waals surface area contributed by atoms with Gasteiger partial charge in [0.25, 0.3) is 0 Å². The number of nitrogens with two attached hydrogens (primary N) is 1. The van der Waals surface area contributed by atoms with Crippen LogP contribution in [0.5, 0.6) is 0 Å². The zero-order chi connectivity index (χ0) is 9.10. The molecule has 0 aliphatic heterocycles. The summed E-state index contributed by atoms with van der Waals surface area (Å²) in [7, 11) is 0. The van der Waals surface area contributed by atoms with E-state index in [-0.39, 0.29) is 0 Å². The van der Waals surface area contributed by atoms with Gasteiger partial charge in [0.05, 0.1) is 0 Å². The lowest BCUT2D eigenvalue weighted by molar-refractivity contribution is 1.26. The minimum atomic E-state index is 0.599. The van der Waals surface area contributed by atoms with Gasteiger partial charge in [0.2, 0.25) is 0 Å². The van der Waals surface area contributed by atoms with Crippen molar-refractivity contribution in [3.8, 4) is 0 Å². The first-order valence-corrected chi connectivity index (χ1v) is 5.12. The van der Waals surface area contributed by atoms with E-state index in [1.54, 1.807) is 11.3 Å². The molecule has 0 aliphatic rings. The lowest BCUT2D eigenvalue weighted by atomic mass is 10.1. The van der Waals surface area contributed by atoms with E-state index in [1.807, 2.05) is 6.08 Å². The fourth-order valence-electron chi connectivity index (χ4n) is 1.34. The minimum absolute atomic E-state index is 0.599. The Morgan fingerprint density at radius 1 is 1.31 bits per heavy atom. The van der Waals surface area contributed by atoms with Crippen LogP contribution in [-0.4, -0.2) is 6.54 Å². The number of benzene rings is 1. The SMILES string of the molecule is NCC=Cc1cccc2ccsc12. The Morgan fingerprint density at radius 2 is 2.23 bits per heavy atom. The highest BCUT2D eigenvalue weighted by molar-refractivity contribution is 7.17. The maximum absolute atomic E-state index is 5.41. The fourth-order valence-corrected chi connectivity index (χ4v) is 2.24. The summed E-state index contributed by atoms with van der Waals surface area (Å²) in [6.45, 7) is 0.599. The van der Waals surface area contributed by atoms with E-state index in [0.29, 0.717) is 6.54 Å². The molecule has 13 heavy (non-hydrogen) atoms. The van der Waals surface area contributed by atoms with E-state index >= 15 is 0 Å². The molecule has 0 spiro atoms. The quantitative estimate of drug-likeness (QED) is 0.772. The van der Waals surface area contributed by atoms with Crippen molar-refractivity contribution in [3.05, 3.63) is 41.3 Å². The van der Waals surface area contributed by atoms with Crippen LogP contribution < -0.4 is 5.73 Å². The van der Waals surface area contributed by atoms with Gasteiger partial charge in [-0.2, -0.15) is 0 Å². The lowest BCUT2D eigenvalue weighted by Crippen LogP contribution is -1.91. The molecule has 66 valence electrons. The van der Waals surface area contributed by atoms with Gasteiger partial charge in [0.15, 0.2) is 0 Å². The third-order valence-corrected chi connectivity index (χ3v) is 2.92. The highest BCUT2D eigenvalue weighted by atomic mass is 32.1. The first kappa shape index (κ1) is 8.48. The van der Waals surface area contributed by atoms with Crippen molar-refractivity contribution in [1.82, 2.24) is 0 Å². The number of hydrogen-bond acceptors (Lipinski definition) is 2. The smallest absolute Gasteiger partial charge is 0.0414 e. The second kappa shape index (κ2) is 3.73. The normalized spacial score (nSPS) is 11.5. The molecule has 0 aliphatic carbocycles. The van der Waals surface area contributed by atoms with E-state index in [2.05, 4.69) is 35.7 Å². The highest BCUT2D eigenvalue weighted by Crippen LogP contribution is 2.25. The first-order valence-electron chi connectivity index (χ1n) is 4.24. The van der Waals surface area contributed by atoms with Crippen LogP contribution in [0.2, 0.25) is 0 Å². The van der Waals surface area contributed by atoms with Gasteiger partial charge in [-0.1, -0.05) is 30.4 Å². The molecule has 0 saturated heterocycles. The number of rotatable bonds is 2. The van der Waals surface area contributed by atoms with Gasteiger partial charge < -0.3 is 5.73 Å². The molecule has 1 aromatic heterocycles. The Hall–Kier alpha value is -1.12. The molecule has 0 saturated carbocycles. The summed E-state index contributed by atoms with van der Waals surface area (Å²) >= 11 is 1.77. The van der Waals surface area contributed by atoms with Gasteiger partial charge in [0, 0.05) is 11.2 Å². The molecular weight excluding hydrogens is 178 g/mol. The zero-order valence-corrected chi connectivity index (χ0v) is 8.05. The second-order valence-electron chi connectivity index (χ2n) is 2.82. The van der Waals surface area contributed by atoms with Crippen LogP contribution in [-0.2, 0) is 0 Å². The van der Waals surface area contributed by atoms with Gasteiger partial charge in [-0.3, -0.25) is 0 Å². The molecule has 0 unspecified atom stereocenters. The molecule has 1 aromatic carbocycles. The van der Waals surface area contributed by atoms with Gasteiger partial charge >= 0.3 is 0 Å². The Kier molecular flexibility index (Phi) is 2.43. The third kappa shape index (κ3) is 1.64. The predicted octanol–water partition coefficient (Wildman–Crippen LogP) is 2.87. The van der Waals surface area contributed by atoms with Crippen LogP contribution >= 0.6 is 11.3 Å². The topological polar surface area (TPSA) is 26.0 Å². The van der Waals surface area contributed by atoms with Crippen molar-refractivity contribution in [2.75, 3.05) is 6.54 Å². The van der Waals surface area contributed by atoms with Crippen LogP contribution in [0.4, 0.5) is 0 Å². The summed E-state index contributed by atoms with van der Waals surface area (Å²) < 4.78 is 1.34. The van der Waals surface area contributed by atoms with E-state index in [9.17, 15) is 0 Å². The maximum Gasteiger partial charge on any atom is 0.0414 e. The van der Waals surface area contributed by atoms with E-state index < -0.39 is 0 Å². The van der Waals surface area contributed by atoms with Crippen molar-refractivity contribution >= 4 is 27.5 Å². The van der Waals surface area contributed by atoms with Gasteiger partial charge in [0.1, 0.15) is 0 Å². The van der Waals surface area contributed by atoms with Crippen LogP contribution in [0.15, 0.2) is 35.7 Å². The summed E-state index contributed by atoms with van der Waals surface area (Å²) in [5, 5.41) is 3.42. The minimum Gasteiger partial charge on any atom is -0.327 e. The van der Waals surface area contributed by atoms with Crippen molar-refractivity contribution in [1.29, 1.82) is 0 Å². The molecule has 1 nitrogen and oxygen atoms in total. The number of fused-ring (bicyclic) bond motifs is 1. The molecule has 0 fully saturated rings. The Morgan fingerprint density at radius 3 is 3.08 bits per heavy atom. The van der Waals surface area contributed by atoms with Gasteiger partial charge in [-0.25, -0.2) is 0 Å². The van der Waals surface area contributed by atoms with E-state index in [1.165, 1.54) is 15.6 Å². The molecule has 2 N–H and O–H groups in total. The second-order valence-corrected chi connectivity index (χ2v) is 3.74. The fraction of sp³-hybridized carbons (Fsp3) is 0.0909. The number of hydrogen-bond donors (Lipinski definition) is 1. The highest BCUT2D eigenvalue weighted by Gasteiger charge is 1.97. The van der Waals surface area contributed by atoms with Gasteiger partial charge in [-0.05, 0) is 22.4 Å². The van der Waals surface area contributed by atoms with Crippen molar-refractivity contribution < 1.29 is 0 Å². The molecule has 0 amide bonds. The Balaban J connectivity index is 2.54. The summed E-state index contributed by atoms with van der Waals surface area (Å²) in [6.07, 6.45) is 4.06. The monoisotopic (exact) mass is 189 g/mol. The lowest BCUT2D eigenvalue weighted by Gasteiger charge is -1.94. The number of thiophene rings is 1. The molecular formula is C11H11NS. The average molecular weight is 189 g/mol. The average Bonchev–Trinajstić information content (AvgIpc) is 2.62. The van der Waals surface area contributed by atoms with Crippen LogP contribution in [0.3, 0.4) is 0 Å². The molecule has 2 aromatic rings. The maximum atomic E-state index is 5.41. The van der Waals surface area contributed by atoms with Crippen molar-refractivity contribution in [2.24, 2.45) is 5.73 Å².